The van der Waals surface area contributed by atoms with Gasteiger partial charge in [0.1, 0.15) is 17.3 Å². The summed E-state index contributed by atoms with van der Waals surface area (Å²) in [6, 6.07) is 4.29. The van der Waals surface area contributed by atoms with Crippen LogP contribution in [0.25, 0.3) is 0 Å². The van der Waals surface area contributed by atoms with Gasteiger partial charge in [-0.1, -0.05) is 19.1 Å². The van der Waals surface area contributed by atoms with Crippen molar-refractivity contribution in [1.29, 1.82) is 0 Å². The second kappa shape index (κ2) is 10.1. The van der Waals surface area contributed by atoms with Crippen LogP contribution in [0.3, 0.4) is 0 Å². The minimum absolute atomic E-state index is 0.0126. The number of rotatable bonds is 6. The average molecular weight is 532 g/mol. The van der Waals surface area contributed by atoms with E-state index in [9.17, 15) is 28.7 Å². The van der Waals surface area contributed by atoms with Crippen LogP contribution in [0.2, 0.25) is 0 Å². The van der Waals surface area contributed by atoms with Crippen molar-refractivity contribution in [3.8, 4) is 5.75 Å². The highest BCUT2D eigenvalue weighted by atomic mass is 19.1. The fourth-order valence-corrected chi connectivity index (χ4v) is 5.15. The Hall–Kier alpha value is -3.83. The Morgan fingerprint density at radius 1 is 1.21 bits per heavy atom. The summed E-state index contributed by atoms with van der Waals surface area (Å²) >= 11 is 0. The number of alkyl halides is 1. The summed E-state index contributed by atoms with van der Waals surface area (Å²) in [5.74, 6) is -4.03. The first kappa shape index (κ1) is 27.2. The van der Waals surface area contributed by atoms with Crippen LogP contribution in [0.15, 0.2) is 23.0 Å². The van der Waals surface area contributed by atoms with Crippen molar-refractivity contribution < 1.29 is 28.3 Å². The number of fused-ring (bicyclic) bond motifs is 2. The van der Waals surface area contributed by atoms with Gasteiger partial charge in [0, 0.05) is 20.1 Å². The number of halogens is 2. The topological polar surface area (TPSA) is 134 Å². The molecule has 0 atom stereocenters. The molecule has 1 fully saturated rings. The van der Waals surface area contributed by atoms with Crippen LogP contribution in [0.4, 0.5) is 8.78 Å². The highest BCUT2D eigenvalue weighted by Gasteiger charge is 2.52. The summed E-state index contributed by atoms with van der Waals surface area (Å²) < 4.78 is 30.1. The number of hydrogen-bond donors (Lipinski definition) is 3. The number of aromatic hydroxyl groups is 1. The van der Waals surface area contributed by atoms with Crippen molar-refractivity contribution in [2.24, 2.45) is 0 Å². The molecule has 3 amide bonds. The lowest BCUT2D eigenvalue weighted by Crippen LogP contribution is -2.54. The Bertz CT molecular complexity index is 1350. The Balaban J connectivity index is 1.70. The minimum Gasteiger partial charge on any atom is -0.501 e. The van der Waals surface area contributed by atoms with Gasteiger partial charge in [0.2, 0.25) is 5.75 Å². The molecule has 12 heteroatoms. The van der Waals surface area contributed by atoms with E-state index in [-0.39, 0.29) is 38.1 Å². The van der Waals surface area contributed by atoms with Crippen LogP contribution < -0.4 is 16.2 Å². The van der Waals surface area contributed by atoms with Crippen molar-refractivity contribution in [2.75, 3.05) is 13.6 Å². The van der Waals surface area contributed by atoms with Gasteiger partial charge < -0.3 is 20.6 Å². The largest absolute Gasteiger partial charge is 0.501 e. The predicted octanol–water partition coefficient (Wildman–Crippen LogP) is 1.80. The van der Waals surface area contributed by atoms with Crippen LogP contribution in [-0.2, 0) is 28.2 Å². The molecule has 1 aliphatic carbocycles. The summed E-state index contributed by atoms with van der Waals surface area (Å²) in [6.45, 7) is 3.35. The summed E-state index contributed by atoms with van der Waals surface area (Å²) in [5.41, 5.74) is -3.79. The van der Waals surface area contributed by atoms with Crippen molar-refractivity contribution in [3.63, 3.8) is 0 Å². The zero-order chi connectivity index (χ0) is 27.8. The lowest BCUT2D eigenvalue weighted by atomic mass is 9.76. The van der Waals surface area contributed by atoms with Crippen LogP contribution in [-0.4, -0.2) is 56.5 Å². The molecule has 0 unspecified atom stereocenters. The van der Waals surface area contributed by atoms with E-state index in [0.29, 0.717) is 24.1 Å². The van der Waals surface area contributed by atoms with Gasteiger partial charge in [0.25, 0.3) is 11.5 Å². The number of aryl methyl sites for hydroxylation is 1. The first-order valence-electron chi connectivity index (χ1n) is 12.5. The van der Waals surface area contributed by atoms with Gasteiger partial charge in [-0.25, -0.2) is 13.8 Å². The minimum atomic E-state index is -1.77. The standard InChI is InChI=1S/C26H31F2N5O5/c1-4-11-32(3)23(38)21(36)31-26-9-7-25(28,8-10-26)14-33-22(37)19(34)18(30-24(26)33)20(35)29-13-16-5-6-17(27)15(2)12-16/h5-6,12,34H,4,7-11,13-14H2,1-3H3,(H,29,35)(H,31,36). The van der Waals surface area contributed by atoms with Gasteiger partial charge >= 0.3 is 11.8 Å². The molecular formula is C26H31F2N5O5. The molecule has 1 aromatic carbocycles. The van der Waals surface area contributed by atoms with Gasteiger partial charge in [0.05, 0.1) is 12.1 Å². The van der Waals surface area contributed by atoms with Gasteiger partial charge in [0.15, 0.2) is 5.69 Å². The highest BCUT2D eigenvalue weighted by Crippen LogP contribution is 2.46. The first-order valence-corrected chi connectivity index (χ1v) is 12.5. The van der Waals surface area contributed by atoms with Crippen LogP contribution in [0.5, 0.6) is 5.75 Å². The molecule has 1 saturated carbocycles. The van der Waals surface area contributed by atoms with E-state index < -0.39 is 58.3 Å². The van der Waals surface area contributed by atoms with Gasteiger partial charge in [-0.15, -0.1) is 0 Å². The second-order valence-corrected chi connectivity index (χ2v) is 10.2. The van der Waals surface area contributed by atoms with Crippen molar-refractivity contribution in [3.05, 3.63) is 57.0 Å². The van der Waals surface area contributed by atoms with Crippen LogP contribution in [0, 0.1) is 12.7 Å². The monoisotopic (exact) mass is 531 g/mol. The molecule has 2 bridgehead atoms. The first-order chi connectivity index (χ1) is 17.9. The number of benzene rings is 1. The third-order valence-corrected chi connectivity index (χ3v) is 7.36. The summed E-state index contributed by atoms with van der Waals surface area (Å²) in [4.78, 5) is 57.3. The van der Waals surface area contributed by atoms with Crippen molar-refractivity contribution in [1.82, 2.24) is 25.1 Å². The fourth-order valence-electron chi connectivity index (χ4n) is 5.15. The second-order valence-electron chi connectivity index (χ2n) is 10.2. The molecule has 2 aliphatic heterocycles. The molecule has 1 aromatic heterocycles. The van der Waals surface area contributed by atoms with E-state index in [0.717, 1.165) is 4.57 Å². The van der Waals surface area contributed by atoms with E-state index in [1.165, 1.54) is 24.1 Å². The number of hydrogen-bond acceptors (Lipinski definition) is 6. The van der Waals surface area contributed by atoms with Crippen molar-refractivity contribution in [2.45, 2.75) is 70.2 Å². The summed E-state index contributed by atoms with van der Waals surface area (Å²) in [7, 11) is 1.49. The smallest absolute Gasteiger partial charge is 0.311 e. The normalized spacial score (nSPS) is 21.8. The molecule has 0 radical (unpaired) electrons. The maximum absolute atomic E-state index is 15.6. The summed E-state index contributed by atoms with van der Waals surface area (Å²) in [6.07, 6.45) is 0.711. The summed E-state index contributed by atoms with van der Waals surface area (Å²) in [5, 5.41) is 15.8. The number of aromatic nitrogens is 2. The molecule has 2 aromatic rings. The SMILES string of the molecule is CCCN(C)C(=O)C(=O)NC12CCC(F)(CC1)Cn1c2nc(C(=O)NCc2ccc(F)c(C)c2)c(O)c1=O. The Kier molecular flexibility index (Phi) is 7.26. The van der Waals surface area contributed by atoms with E-state index in [4.69, 9.17) is 0 Å². The average Bonchev–Trinajstić information content (AvgIpc) is 3.08. The highest BCUT2D eigenvalue weighted by molar-refractivity contribution is 6.35. The molecule has 0 spiro atoms. The molecule has 0 saturated heterocycles. The number of nitrogens with zero attached hydrogens (tertiary/aromatic N) is 3. The Morgan fingerprint density at radius 2 is 1.89 bits per heavy atom. The number of carbonyl (C=O) groups excluding carboxylic acids is 3. The van der Waals surface area contributed by atoms with E-state index in [1.54, 1.807) is 13.0 Å². The van der Waals surface area contributed by atoms with E-state index in [1.807, 2.05) is 6.92 Å². The molecule has 3 aliphatic rings. The number of amides is 3. The quantitative estimate of drug-likeness (QED) is 0.487. The maximum atomic E-state index is 15.6. The van der Waals surface area contributed by atoms with E-state index >= 15 is 4.39 Å². The van der Waals surface area contributed by atoms with Crippen molar-refractivity contribution >= 4 is 17.7 Å². The zero-order valence-corrected chi connectivity index (χ0v) is 21.6. The number of carbonyl (C=O) groups is 3. The molecular weight excluding hydrogens is 500 g/mol. The lowest BCUT2D eigenvalue weighted by Gasteiger charge is -2.38. The molecule has 3 N–H and O–H groups in total. The van der Waals surface area contributed by atoms with Gasteiger partial charge in [-0.3, -0.25) is 23.7 Å². The third-order valence-electron chi connectivity index (χ3n) is 7.36. The van der Waals surface area contributed by atoms with Crippen LogP contribution >= 0.6 is 0 Å². The maximum Gasteiger partial charge on any atom is 0.311 e. The third kappa shape index (κ3) is 4.99. The molecule has 204 valence electrons. The molecule has 3 heterocycles. The van der Waals surface area contributed by atoms with E-state index in [2.05, 4.69) is 15.6 Å². The fraction of sp³-hybridized carbons (Fsp3) is 0.500. The number of nitrogens with one attached hydrogen (secondary N) is 2. The van der Waals surface area contributed by atoms with Crippen LogP contribution in [0.1, 0.15) is 66.5 Å². The predicted molar refractivity (Wildman–Crippen MR) is 133 cm³/mol. The zero-order valence-electron chi connectivity index (χ0n) is 21.6. The van der Waals surface area contributed by atoms with Gasteiger partial charge in [-0.05, 0) is 56.2 Å². The molecule has 38 heavy (non-hydrogen) atoms. The molecule has 5 rings (SSSR count). The Morgan fingerprint density at radius 3 is 2.53 bits per heavy atom. The van der Waals surface area contributed by atoms with Gasteiger partial charge in [-0.2, -0.15) is 0 Å². The Labute approximate surface area is 218 Å². The molecule has 10 nitrogen and oxygen atoms in total. The number of likely N-dealkylation sites (N-methyl/N-ethyl adjacent to an activating group) is 1. The lowest BCUT2D eigenvalue weighted by molar-refractivity contribution is -0.146.